The van der Waals surface area contributed by atoms with Crippen molar-refractivity contribution < 1.29 is 18.1 Å². The first-order valence-corrected chi connectivity index (χ1v) is 12.5. The molecule has 2 aromatic rings. The average molecular weight is 477 g/mol. The number of hydrogen-bond donors (Lipinski definition) is 2. The van der Waals surface area contributed by atoms with Crippen LogP contribution in [0.4, 0.5) is 11.4 Å². The second kappa shape index (κ2) is 10.6. The molecule has 0 spiro atoms. The summed E-state index contributed by atoms with van der Waals surface area (Å²) in [5, 5.41) is 13.0. The first-order chi connectivity index (χ1) is 15.2. The van der Waals surface area contributed by atoms with Crippen LogP contribution in [0, 0.1) is 10.1 Å². The third-order valence-corrected chi connectivity index (χ3v) is 7.30. The Labute approximate surface area is 190 Å². The van der Waals surface area contributed by atoms with Gasteiger partial charge in [0.15, 0.2) is 0 Å². The van der Waals surface area contributed by atoms with Crippen LogP contribution in [0.2, 0.25) is 0 Å². The molecular weight excluding hydrogens is 452 g/mol. The van der Waals surface area contributed by atoms with Gasteiger partial charge < -0.3 is 5.32 Å². The van der Waals surface area contributed by atoms with Crippen LogP contribution >= 0.6 is 11.8 Å². The highest BCUT2D eigenvalue weighted by atomic mass is 32.2. The van der Waals surface area contributed by atoms with Gasteiger partial charge in [-0.25, -0.2) is 8.42 Å². The molecule has 0 saturated heterocycles. The van der Waals surface area contributed by atoms with E-state index in [9.17, 15) is 23.3 Å². The lowest BCUT2D eigenvalue weighted by Crippen LogP contribution is -2.30. The normalized spacial score (nSPS) is 15.2. The fourth-order valence-electron chi connectivity index (χ4n) is 3.04. The molecule has 0 aromatic heterocycles. The molecular formula is C21H24N4O5S2. The van der Waals surface area contributed by atoms with E-state index in [0.717, 1.165) is 24.2 Å². The summed E-state index contributed by atoms with van der Waals surface area (Å²) in [6.07, 6.45) is 3.50. The van der Waals surface area contributed by atoms with Crippen molar-refractivity contribution in [3.63, 3.8) is 0 Å². The molecule has 32 heavy (non-hydrogen) atoms. The van der Waals surface area contributed by atoms with Crippen LogP contribution in [-0.4, -0.2) is 36.9 Å². The second-order valence-corrected chi connectivity index (χ2v) is 10.4. The van der Waals surface area contributed by atoms with Crippen LogP contribution in [0.25, 0.3) is 0 Å². The molecule has 0 aliphatic carbocycles. The van der Waals surface area contributed by atoms with E-state index in [-0.39, 0.29) is 16.5 Å². The summed E-state index contributed by atoms with van der Waals surface area (Å²) in [6.45, 7) is 2.34. The zero-order chi connectivity index (χ0) is 23.1. The van der Waals surface area contributed by atoms with Gasteiger partial charge in [0.05, 0.1) is 15.1 Å². The van der Waals surface area contributed by atoms with E-state index in [1.807, 2.05) is 0 Å². The number of carbonyl (C=O) groups excluding carboxylic acids is 1. The number of benzene rings is 2. The molecule has 2 aromatic carbocycles. The minimum atomic E-state index is -3.73. The Hall–Kier alpha value is -2.92. The summed E-state index contributed by atoms with van der Waals surface area (Å²) in [5.41, 5.74) is 0.457. The second-order valence-electron chi connectivity index (χ2n) is 7.27. The number of carbonyl (C=O) groups is 1. The van der Waals surface area contributed by atoms with Crippen molar-refractivity contribution >= 4 is 44.9 Å². The maximum absolute atomic E-state index is 12.6. The van der Waals surface area contributed by atoms with E-state index >= 15 is 0 Å². The van der Waals surface area contributed by atoms with Crippen LogP contribution in [0.3, 0.4) is 0 Å². The minimum absolute atomic E-state index is 0.0119. The van der Waals surface area contributed by atoms with Crippen molar-refractivity contribution in [2.45, 2.75) is 47.6 Å². The molecule has 11 heteroatoms. The van der Waals surface area contributed by atoms with Crippen molar-refractivity contribution in [1.29, 1.82) is 0 Å². The first kappa shape index (κ1) is 23.7. The Morgan fingerprint density at radius 1 is 1.09 bits per heavy atom. The number of nitro benzene ring substituents is 1. The molecule has 2 N–H and O–H groups in total. The zero-order valence-electron chi connectivity index (χ0n) is 17.5. The van der Waals surface area contributed by atoms with Gasteiger partial charge in [-0.15, -0.1) is 11.8 Å². The fraction of sp³-hybridized carbons (Fsp3) is 0.333. The van der Waals surface area contributed by atoms with Crippen molar-refractivity contribution in [2.24, 2.45) is 4.99 Å². The lowest BCUT2D eigenvalue weighted by molar-refractivity contribution is -0.384. The van der Waals surface area contributed by atoms with Gasteiger partial charge in [0, 0.05) is 35.7 Å². The van der Waals surface area contributed by atoms with Crippen LogP contribution in [0.15, 0.2) is 63.3 Å². The molecule has 0 fully saturated rings. The number of nitro groups is 1. The molecule has 3 rings (SSSR count). The smallest absolute Gasteiger partial charge is 0.269 e. The fourth-order valence-corrected chi connectivity index (χ4v) is 4.99. The van der Waals surface area contributed by atoms with E-state index in [1.54, 1.807) is 19.1 Å². The lowest BCUT2D eigenvalue weighted by Gasteiger charge is -2.13. The number of nitrogens with one attached hydrogen (secondary N) is 2. The highest BCUT2D eigenvalue weighted by molar-refractivity contribution is 8.00. The van der Waals surface area contributed by atoms with Crippen LogP contribution < -0.4 is 10.0 Å². The van der Waals surface area contributed by atoms with Gasteiger partial charge in [-0.2, -0.15) is 0 Å². The number of aliphatic imine (C=N–C) groups is 1. The molecule has 170 valence electrons. The van der Waals surface area contributed by atoms with Gasteiger partial charge in [0.2, 0.25) is 5.91 Å². The zero-order valence-corrected chi connectivity index (χ0v) is 19.1. The van der Waals surface area contributed by atoms with Gasteiger partial charge in [-0.3, -0.25) is 24.6 Å². The number of rotatable bonds is 7. The number of thioether (sulfide) groups is 1. The summed E-state index contributed by atoms with van der Waals surface area (Å²) in [5.74, 6) is 0.215. The summed E-state index contributed by atoms with van der Waals surface area (Å²) in [4.78, 5) is 27.9. The number of hydrogen-bond acceptors (Lipinski definition) is 7. The van der Waals surface area contributed by atoms with Crippen LogP contribution in [0.1, 0.15) is 32.6 Å². The average Bonchev–Trinajstić information content (AvgIpc) is 3.02. The maximum Gasteiger partial charge on any atom is 0.269 e. The van der Waals surface area contributed by atoms with Crippen molar-refractivity contribution in [3.8, 4) is 0 Å². The predicted octanol–water partition coefficient (Wildman–Crippen LogP) is 3.96. The third kappa shape index (κ3) is 6.54. The van der Waals surface area contributed by atoms with E-state index in [2.05, 4.69) is 15.0 Å². The van der Waals surface area contributed by atoms with Gasteiger partial charge in [-0.05, 0) is 56.2 Å². The topological polar surface area (TPSA) is 131 Å². The Bertz CT molecular complexity index is 1100. The third-order valence-electron chi connectivity index (χ3n) is 4.79. The largest absolute Gasteiger partial charge is 0.325 e. The number of non-ortho nitro benzene ring substituents is 1. The summed E-state index contributed by atoms with van der Waals surface area (Å²) >= 11 is 1.27. The molecule has 9 nitrogen and oxygen atoms in total. The Morgan fingerprint density at radius 2 is 1.78 bits per heavy atom. The summed E-state index contributed by atoms with van der Waals surface area (Å²) in [6, 6.07) is 11.9. The number of sulfonamides is 1. The first-order valence-electron chi connectivity index (χ1n) is 10.1. The van der Waals surface area contributed by atoms with Gasteiger partial charge in [0.25, 0.3) is 15.7 Å². The standard InChI is InChI=1S/C21H24N4O5S2/c1-15(31-18-10-8-17(9-11-18)25(27)28)21(26)23-16-6-12-19(13-7-16)32(29,30)24-20-5-3-2-4-14-22-20/h6-13,15H,2-5,14H2,1H3,(H,22,24)(H,23,26). The monoisotopic (exact) mass is 476 g/mol. The van der Waals surface area contributed by atoms with Crippen LogP contribution in [-0.2, 0) is 14.8 Å². The molecule has 1 aliphatic heterocycles. The van der Waals surface area contributed by atoms with Gasteiger partial charge >= 0.3 is 0 Å². The van der Waals surface area contributed by atoms with Crippen LogP contribution in [0.5, 0.6) is 0 Å². The molecule has 0 saturated carbocycles. The summed E-state index contributed by atoms with van der Waals surface area (Å²) < 4.78 is 27.8. The predicted molar refractivity (Wildman–Crippen MR) is 125 cm³/mol. The molecule has 1 unspecified atom stereocenters. The number of amides is 1. The Balaban J connectivity index is 1.58. The van der Waals surface area contributed by atoms with E-state index < -0.39 is 20.2 Å². The molecule has 1 amide bonds. The molecule has 0 radical (unpaired) electrons. The quantitative estimate of drug-likeness (QED) is 0.353. The maximum atomic E-state index is 12.6. The molecule has 1 heterocycles. The highest BCUT2D eigenvalue weighted by Gasteiger charge is 2.19. The Morgan fingerprint density at radius 3 is 2.44 bits per heavy atom. The van der Waals surface area contributed by atoms with E-state index in [4.69, 9.17) is 0 Å². The number of anilines is 1. The van der Waals surface area contributed by atoms with Crippen molar-refractivity contribution in [3.05, 3.63) is 58.6 Å². The highest BCUT2D eigenvalue weighted by Crippen LogP contribution is 2.26. The Kier molecular flexibility index (Phi) is 7.86. The van der Waals surface area contributed by atoms with E-state index in [0.29, 0.717) is 24.5 Å². The molecule has 0 bridgehead atoms. The van der Waals surface area contributed by atoms with Gasteiger partial charge in [-0.1, -0.05) is 6.42 Å². The molecule has 1 aliphatic rings. The van der Waals surface area contributed by atoms with Crippen molar-refractivity contribution in [1.82, 2.24) is 4.72 Å². The number of nitrogens with zero attached hydrogens (tertiary/aromatic N) is 2. The molecule has 1 atom stereocenters. The minimum Gasteiger partial charge on any atom is -0.325 e. The summed E-state index contributed by atoms with van der Waals surface area (Å²) in [7, 11) is -3.73. The van der Waals surface area contributed by atoms with E-state index in [1.165, 1.54) is 48.2 Å². The number of amidine groups is 1. The van der Waals surface area contributed by atoms with Gasteiger partial charge in [0.1, 0.15) is 5.84 Å². The van der Waals surface area contributed by atoms with Crippen molar-refractivity contribution in [2.75, 3.05) is 11.9 Å². The lowest BCUT2D eigenvalue weighted by atomic mass is 10.2. The SMILES string of the molecule is CC(Sc1ccc([N+](=O)[O-])cc1)C(=O)Nc1ccc(S(=O)(=O)NC2=NCCCCC2)cc1.